The van der Waals surface area contributed by atoms with Crippen molar-refractivity contribution in [2.75, 3.05) is 20.3 Å². The number of hydrogen-bond acceptors (Lipinski definition) is 8. The molecule has 5 rings (SSSR count). The third kappa shape index (κ3) is 6.24. The van der Waals surface area contributed by atoms with Gasteiger partial charge in [0.1, 0.15) is 24.2 Å². The highest BCUT2D eigenvalue weighted by molar-refractivity contribution is 7.07. The van der Waals surface area contributed by atoms with E-state index in [0.29, 0.717) is 51.1 Å². The molecular formula is C33H31FN2O6S. The van der Waals surface area contributed by atoms with Crippen molar-refractivity contribution in [2.24, 2.45) is 4.99 Å². The van der Waals surface area contributed by atoms with E-state index < -0.39 is 12.0 Å². The number of allylic oxidation sites excluding steroid dienone is 1. The maximum Gasteiger partial charge on any atom is 0.338 e. The van der Waals surface area contributed by atoms with E-state index in [-0.39, 0.29) is 23.6 Å². The number of halogens is 1. The number of para-hydroxylation sites is 1. The van der Waals surface area contributed by atoms with Crippen LogP contribution in [0, 0.1) is 5.82 Å². The molecule has 1 atom stereocenters. The molecule has 0 amide bonds. The summed E-state index contributed by atoms with van der Waals surface area (Å²) in [5.74, 6) is 0.722. The quantitative estimate of drug-likeness (QED) is 0.240. The number of aromatic nitrogens is 1. The summed E-state index contributed by atoms with van der Waals surface area (Å²) in [5.41, 5.74) is 2.65. The Morgan fingerprint density at radius 1 is 1.02 bits per heavy atom. The van der Waals surface area contributed by atoms with Crippen molar-refractivity contribution in [2.45, 2.75) is 33.4 Å². The third-order valence-electron chi connectivity index (χ3n) is 6.83. The Morgan fingerprint density at radius 3 is 2.44 bits per heavy atom. The summed E-state index contributed by atoms with van der Waals surface area (Å²) >= 11 is 1.24. The van der Waals surface area contributed by atoms with Crippen LogP contribution in [0.2, 0.25) is 0 Å². The van der Waals surface area contributed by atoms with Crippen LogP contribution in [-0.2, 0) is 16.1 Å². The second kappa shape index (κ2) is 13.1. The Morgan fingerprint density at radius 2 is 1.77 bits per heavy atom. The predicted octanol–water partition coefficient (Wildman–Crippen LogP) is 4.92. The van der Waals surface area contributed by atoms with Crippen molar-refractivity contribution in [3.05, 3.63) is 120 Å². The van der Waals surface area contributed by atoms with Gasteiger partial charge in [0.2, 0.25) is 0 Å². The van der Waals surface area contributed by atoms with Crippen molar-refractivity contribution in [1.82, 2.24) is 4.57 Å². The molecule has 0 spiro atoms. The molecule has 43 heavy (non-hydrogen) atoms. The van der Waals surface area contributed by atoms with Crippen molar-refractivity contribution < 1.29 is 28.1 Å². The molecule has 1 aliphatic heterocycles. The van der Waals surface area contributed by atoms with Gasteiger partial charge in [0.25, 0.3) is 5.56 Å². The first-order chi connectivity index (χ1) is 20.8. The van der Waals surface area contributed by atoms with Crippen molar-refractivity contribution in [3.63, 3.8) is 0 Å². The fourth-order valence-electron chi connectivity index (χ4n) is 4.85. The van der Waals surface area contributed by atoms with Gasteiger partial charge >= 0.3 is 5.97 Å². The van der Waals surface area contributed by atoms with Crippen LogP contribution in [0.5, 0.6) is 17.2 Å². The summed E-state index contributed by atoms with van der Waals surface area (Å²) in [6.45, 7) is 6.15. The predicted molar refractivity (Wildman–Crippen MR) is 162 cm³/mol. The molecule has 0 saturated heterocycles. The Labute approximate surface area is 252 Å². The van der Waals surface area contributed by atoms with Crippen LogP contribution in [0.4, 0.5) is 4.39 Å². The van der Waals surface area contributed by atoms with Gasteiger partial charge in [0.05, 0.1) is 36.1 Å². The number of ether oxygens (including phenoxy) is 4. The number of carbonyl (C=O) groups excluding carboxylic acids is 1. The Hall–Kier alpha value is -4.70. The minimum Gasteiger partial charge on any atom is -0.493 e. The monoisotopic (exact) mass is 602 g/mol. The largest absolute Gasteiger partial charge is 0.493 e. The van der Waals surface area contributed by atoms with Crippen LogP contribution in [0.1, 0.15) is 43.5 Å². The van der Waals surface area contributed by atoms with Crippen molar-refractivity contribution >= 4 is 23.4 Å². The van der Waals surface area contributed by atoms with E-state index in [0.717, 1.165) is 11.1 Å². The van der Waals surface area contributed by atoms with Crippen molar-refractivity contribution in [1.29, 1.82) is 0 Å². The zero-order chi connectivity index (χ0) is 30.5. The molecule has 0 radical (unpaired) electrons. The van der Waals surface area contributed by atoms with E-state index in [1.807, 2.05) is 37.3 Å². The normalized spacial score (nSPS) is 14.6. The summed E-state index contributed by atoms with van der Waals surface area (Å²) in [4.78, 5) is 32.4. The van der Waals surface area contributed by atoms with E-state index >= 15 is 0 Å². The highest BCUT2D eigenvalue weighted by atomic mass is 32.1. The average molecular weight is 603 g/mol. The van der Waals surface area contributed by atoms with E-state index in [1.54, 1.807) is 51.3 Å². The summed E-state index contributed by atoms with van der Waals surface area (Å²) in [6, 6.07) is 18.0. The summed E-state index contributed by atoms with van der Waals surface area (Å²) in [7, 11) is 1.54. The van der Waals surface area contributed by atoms with Gasteiger partial charge in [-0.05, 0) is 68.3 Å². The van der Waals surface area contributed by atoms with E-state index in [1.165, 1.54) is 28.0 Å². The topological polar surface area (TPSA) is 88.4 Å². The zero-order valence-corrected chi connectivity index (χ0v) is 25.1. The van der Waals surface area contributed by atoms with E-state index in [2.05, 4.69) is 4.99 Å². The molecule has 8 nitrogen and oxygen atoms in total. The van der Waals surface area contributed by atoms with E-state index in [4.69, 9.17) is 18.9 Å². The molecule has 2 heterocycles. The number of hydrogen-bond donors (Lipinski definition) is 0. The minimum absolute atomic E-state index is 0.173. The number of nitrogens with zero attached hydrogens (tertiary/aromatic N) is 2. The lowest BCUT2D eigenvalue weighted by Gasteiger charge is -2.26. The smallest absolute Gasteiger partial charge is 0.338 e. The number of carbonyl (C=O) groups is 1. The Balaban J connectivity index is 1.55. The van der Waals surface area contributed by atoms with Crippen LogP contribution in [0.3, 0.4) is 0 Å². The van der Waals surface area contributed by atoms with Gasteiger partial charge in [-0.15, -0.1) is 0 Å². The van der Waals surface area contributed by atoms with Crippen LogP contribution in [0.25, 0.3) is 6.08 Å². The number of thiazole rings is 1. The average Bonchev–Trinajstić information content (AvgIpc) is 3.31. The third-order valence-corrected chi connectivity index (χ3v) is 7.81. The molecular weight excluding hydrogens is 571 g/mol. The van der Waals surface area contributed by atoms with Crippen LogP contribution < -0.4 is 29.1 Å². The molecule has 222 valence electrons. The summed E-state index contributed by atoms with van der Waals surface area (Å²) in [6.07, 6.45) is 1.78. The van der Waals surface area contributed by atoms with Gasteiger partial charge in [-0.2, -0.15) is 0 Å². The van der Waals surface area contributed by atoms with Gasteiger partial charge in [-0.1, -0.05) is 47.7 Å². The number of fused-ring (bicyclic) bond motifs is 1. The zero-order valence-electron chi connectivity index (χ0n) is 24.3. The first kappa shape index (κ1) is 29.8. The van der Waals surface area contributed by atoms with Gasteiger partial charge < -0.3 is 18.9 Å². The first-order valence-corrected chi connectivity index (χ1v) is 14.6. The molecule has 3 aromatic carbocycles. The highest BCUT2D eigenvalue weighted by Gasteiger charge is 2.36. The molecule has 0 unspecified atom stereocenters. The van der Waals surface area contributed by atoms with Gasteiger partial charge in [-0.3, -0.25) is 9.36 Å². The Bertz CT molecular complexity index is 1840. The van der Waals surface area contributed by atoms with Crippen molar-refractivity contribution in [3.8, 4) is 17.2 Å². The standard InChI is InChI=1S/C33H31FN2O6S/c1-5-40-30-25(8-7-9-26(30)39-4)29-28(32(38)41-6-2)20(3)35-33-36(29)31(37)27(43-33)18-21-12-16-24(17-13-21)42-19-22-10-14-23(34)15-11-22/h7-18,29H,5-6,19H2,1-4H3/b27-18-/t29-/m1/s1. The molecule has 4 aromatic rings. The maximum absolute atomic E-state index is 14.0. The van der Waals surface area contributed by atoms with Crippen LogP contribution in [0.15, 0.2) is 87.8 Å². The maximum atomic E-state index is 14.0. The molecule has 0 fully saturated rings. The molecule has 10 heteroatoms. The molecule has 0 aliphatic carbocycles. The fourth-order valence-corrected chi connectivity index (χ4v) is 5.90. The summed E-state index contributed by atoms with van der Waals surface area (Å²) < 4.78 is 37.9. The lowest BCUT2D eigenvalue weighted by Crippen LogP contribution is -2.40. The van der Waals surface area contributed by atoms with Gasteiger partial charge in [-0.25, -0.2) is 14.2 Å². The fraction of sp³-hybridized carbons (Fsp3) is 0.242. The summed E-state index contributed by atoms with van der Waals surface area (Å²) in [5, 5.41) is 0. The second-order valence-electron chi connectivity index (χ2n) is 9.60. The molecule has 1 aliphatic rings. The molecule has 0 N–H and O–H groups in total. The lowest BCUT2D eigenvalue weighted by molar-refractivity contribution is -0.139. The Kier molecular flexibility index (Phi) is 9.06. The lowest BCUT2D eigenvalue weighted by atomic mass is 9.94. The van der Waals surface area contributed by atoms with Gasteiger partial charge in [0, 0.05) is 5.56 Å². The van der Waals surface area contributed by atoms with Crippen LogP contribution >= 0.6 is 11.3 Å². The first-order valence-electron chi connectivity index (χ1n) is 13.8. The number of esters is 1. The molecule has 0 bridgehead atoms. The SMILES string of the molecule is CCOC(=O)C1=C(C)N=c2s/c(=C\c3ccc(OCc4ccc(F)cc4)cc3)c(=O)n2[C@@H]1c1cccc(OC)c1OCC. The van der Waals surface area contributed by atoms with E-state index in [9.17, 15) is 14.0 Å². The number of benzene rings is 3. The van der Waals surface area contributed by atoms with Gasteiger partial charge in [0.15, 0.2) is 16.3 Å². The highest BCUT2D eigenvalue weighted by Crippen LogP contribution is 2.40. The van der Waals surface area contributed by atoms with Crippen LogP contribution in [-0.4, -0.2) is 30.9 Å². The molecule has 0 saturated carbocycles. The second-order valence-corrected chi connectivity index (χ2v) is 10.6. The molecule has 1 aromatic heterocycles. The number of rotatable bonds is 10. The minimum atomic E-state index is -0.837. The number of methoxy groups -OCH3 is 1.